The van der Waals surface area contributed by atoms with Crippen molar-refractivity contribution in [2.45, 2.75) is 6.54 Å². The summed E-state index contributed by atoms with van der Waals surface area (Å²) in [6.07, 6.45) is 1.53. The number of carbonyl (C=O) groups excluding carboxylic acids is 3. The molecule has 1 aliphatic rings. The molecule has 8 nitrogen and oxygen atoms in total. The van der Waals surface area contributed by atoms with E-state index in [-0.39, 0.29) is 33.5 Å². The number of amides is 2. The number of thioether (sulfide) groups is 1. The SMILES string of the molecule is O=C(Oc1ccc(/C=C2\SC(=O)N(Cc3ccc(F)cc3Cl)C2=O)cc1)c1ccc([N+](=O)[O-])cc1. The Morgan fingerprint density at radius 2 is 1.77 bits per heavy atom. The average molecular weight is 513 g/mol. The summed E-state index contributed by atoms with van der Waals surface area (Å²) in [6.45, 7) is -0.0847. The fourth-order valence-corrected chi connectivity index (χ4v) is 4.19. The van der Waals surface area contributed by atoms with Crippen LogP contribution in [0.2, 0.25) is 5.02 Å². The first kappa shape index (κ1) is 24.1. The standard InChI is InChI=1S/C24H14ClFN2O6S/c25-20-12-17(26)6-3-16(20)13-27-22(29)21(35-24(27)31)11-14-1-9-19(10-2-14)34-23(30)15-4-7-18(8-5-15)28(32)33/h1-12H,13H2/b21-11-. The number of esters is 1. The van der Waals surface area contributed by atoms with E-state index in [9.17, 15) is 28.9 Å². The first-order valence-electron chi connectivity index (χ1n) is 9.97. The Morgan fingerprint density at radius 1 is 1.09 bits per heavy atom. The van der Waals surface area contributed by atoms with Crippen molar-refractivity contribution in [3.63, 3.8) is 0 Å². The number of nitro groups is 1. The first-order valence-corrected chi connectivity index (χ1v) is 11.2. The van der Waals surface area contributed by atoms with Crippen LogP contribution in [0.15, 0.2) is 71.6 Å². The number of rotatable bonds is 6. The minimum absolute atomic E-state index is 0.0847. The highest BCUT2D eigenvalue weighted by molar-refractivity contribution is 8.18. The van der Waals surface area contributed by atoms with Crippen LogP contribution in [0.4, 0.5) is 14.9 Å². The lowest BCUT2D eigenvalue weighted by atomic mass is 10.2. The van der Waals surface area contributed by atoms with Crippen molar-refractivity contribution < 1.29 is 28.4 Å². The van der Waals surface area contributed by atoms with Gasteiger partial charge in [-0.3, -0.25) is 24.6 Å². The van der Waals surface area contributed by atoms with Crippen molar-refractivity contribution >= 4 is 52.2 Å². The van der Waals surface area contributed by atoms with Crippen molar-refractivity contribution in [1.29, 1.82) is 0 Å². The summed E-state index contributed by atoms with van der Waals surface area (Å²) in [5.74, 6) is -1.48. The maximum absolute atomic E-state index is 13.2. The number of hydrogen-bond donors (Lipinski definition) is 0. The zero-order chi connectivity index (χ0) is 25.1. The van der Waals surface area contributed by atoms with E-state index >= 15 is 0 Å². The Hall–Kier alpha value is -4.02. The highest BCUT2D eigenvalue weighted by Gasteiger charge is 2.35. The molecule has 3 aromatic carbocycles. The Morgan fingerprint density at radius 3 is 2.40 bits per heavy atom. The molecule has 1 heterocycles. The number of nitro benzene ring substituents is 1. The van der Waals surface area contributed by atoms with Gasteiger partial charge in [0.05, 0.1) is 21.9 Å². The zero-order valence-corrected chi connectivity index (χ0v) is 19.2. The summed E-state index contributed by atoms with van der Waals surface area (Å²) in [6, 6.07) is 15.0. The fraction of sp³-hybridized carbons (Fsp3) is 0.0417. The maximum atomic E-state index is 13.2. The van der Waals surface area contributed by atoms with Crippen molar-refractivity contribution in [1.82, 2.24) is 4.90 Å². The molecule has 0 spiro atoms. The molecular weight excluding hydrogens is 499 g/mol. The Labute approximate surface area is 207 Å². The molecule has 11 heteroatoms. The molecule has 0 unspecified atom stereocenters. The van der Waals surface area contributed by atoms with Crippen LogP contribution in [0.25, 0.3) is 6.08 Å². The second kappa shape index (κ2) is 10.1. The van der Waals surface area contributed by atoms with Gasteiger partial charge >= 0.3 is 5.97 Å². The highest BCUT2D eigenvalue weighted by atomic mass is 35.5. The molecule has 0 aliphatic carbocycles. The maximum Gasteiger partial charge on any atom is 0.343 e. The van der Waals surface area contributed by atoms with E-state index in [4.69, 9.17) is 16.3 Å². The molecule has 0 atom stereocenters. The molecule has 4 rings (SSSR count). The third-order valence-corrected chi connectivity index (χ3v) is 6.18. The number of ether oxygens (including phenoxy) is 1. The molecule has 0 N–H and O–H groups in total. The van der Waals surface area contributed by atoms with Crippen LogP contribution < -0.4 is 4.74 Å². The lowest BCUT2D eigenvalue weighted by Crippen LogP contribution is -2.27. The van der Waals surface area contributed by atoms with Crippen LogP contribution in [0.1, 0.15) is 21.5 Å². The van der Waals surface area contributed by atoms with Crippen LogP contribution in [0, 0.1) is 15.9 Å². The van der Waals surface area contributed by atoms with Gasteiger partial charge < -0.3 is 4.74 Å². The minimum atomic E-state index is -0.687. The van der Waals surface area contributed by atoms with Gasteiger partial charge in [0.15, 0.2) is 0 Å². The molecule has 0 radical (unpaired) electrons. The van der Waals surface area contributed by atoms with Gasteiger partial charge in [-0.25, -0.2) is 9.18 Å². The fourth-order valence-electron chi connectivity index (χ4n) is 3.13. The van der Waals surface area contributed by atoms with Crippen LogP contribution in [-0.4, -0.2) is 26.9 Å². The average Bonchev–Trinajstić information content (AvgIpc) is 3.09. The summed E-state index contributed by atoms with van der Waals surface area (Å²) in [5.41, 5.74) is 1.03. The quantitative estimate of drug-likeness (QED) is 0.134. The number of benzene rings is 3. The smallest absolute Gasteiger partial charge is 0.343 e. The van der Waals surface area contributed by atoms with Gasteiger partial charge in [0.1, 0.15) is 11.6 Å². The predicted molar refractivity (Wildman–Crippen MR) is 127 cm³/mol. The second-order valence-corrected chi connectivity index (χ2v) is 8.67. The highest BCUT2D eigenvalue weighted by Crippen LogP contribution is 2.34. The van der Waals surface area contributed by atoms with E-state index in [1.54, 1.807) is 12.1 Å². The van der Waals surface area contributed by atoms with Crippen LogP contribution in [0.5, 0.6) is 5.75 Å². The molecule has 0 saturated carbocycles. The molecule has 35 heavy (non-hydrogen) atoms. The third-order valence-electron chi connectivity index (χ3n) is 4.92. The topological polar surface area (TPSA) is 107 Å². The molecule has 1 aliphatic heterocycles. The van der Waals surface area contributed by atoms with Crippen molar-refractivity contribution in [2.24, 2.45) is 0 Å². The summed E-state index contributed by atoms with van der Waals surface area (Å²) in [4.78, 5) is 48.7. The molecule has 1 saturated heterocycles. The van der Waals surface area contributed by atoms with Gasteiger partial charge in [-0.2, -0.15) is 0 Å². The normalized spacial score (nSPS) is 14.5. The van der Waals surface area contributed by atoms with Gasteiger partial charge in [-0.1, -0.05) is 29.8 Å². The predicted octanol–water partition coefficient (Wildman–Crippen LogP) is 5.84. The molecule has 176 valence electrons. The van der Waals surface area contributed by atoms with Gasteiger partial charge in [-0.05, 0) is 65.4 Å². The monoisotopic (exact) mass is 512 g/mol. The van der Waals surface area contributed by atoms with Crippen molar-refractivity contribution in [3.8, 4) is 5.75 Å². The van der Waals surface area contributed by atoms with Gasteiger partial charge in [0, 0.05) is 17.2 Å². The zero-order valence-electron chi connectivity index (χ0n) is 17.6. The van der Waals surface area contributed by atoms with Crippen LogP contribution in [0.3, 0.4) is 0 Å². The number of hydrogen-bond acceptors (Lipinski definition) is 7. The van der Waals surface area contributed by atoms with E-state index in [1.807, 2.05) is 0 Å². The Balaban J connectivity index is 1.42. The van der Waals surface area contributed by atoms with Gasteiger partial charge in [-0.15, -0.1) is 0 Å². The summed E-state index contributed by atoms with van der Waals surface area (Å²) < 4.78 is 18.5. The summed E-state index contributed by atoms with van der Waals surface area (Å²) in [7, 11) is 0. The number of imide groups is 1. The Kier molecular flexibility index (Phi) is 6.94. The van der Waals surface area contributed by atoms with E-state index in [1.165, 1.54) is 54.6 Å². The number of nitrogens with zero attached hydrogens (tertiary/aromatic N) is 2. The summed E-state index contributed by atoms with van der Waals surface area (Å²) >= 11 is 6.77. The van der Waals surface area contributed by atoms with E-state index in [0.717, 1.165) is 22.7 Å². The van der Waals surface area contributed by atoms with Gasteiger partial charge in [0.25, 0.3) is 16.8 Å². The van der Waals surface area contributed by atoms with E-state index in [0.29, 0.717) is 11.1 Å². The molecule has 3 aromatic rings. The minimum Gasteiger partial charge on any atom is -0.423 e. The lowest BCUT2D eigenvalue weighted by molar-refractivity contribution is -0.384. The largest absolute Gasteiger partial charge is 0.423 e. The molecule has 0 aromatic heterocycles. The Bertz CT molecular complexity index is 1380. The van der Waals surface area contributed by atoms with Crippen LogP contribution >= 0.6 is 23.4 Å². The third kappa shape index (κ3) is 5.56. The second-order valence-electron chi connectivity index (χ2n) is 7.27. The number of non-ortho nitro benzene ring substituents is 1. The first-order chi connectivity index (χ1) is 16.7. The lowest BCUT2D eigenvalue weighted by Gasteiger charge is -2.13. The molecule has 1 fully saturated rings. The van der Waals surface area contributed by atoms with Crippen molar-refractivity contribution in [3.05, 3.63) is 109 Å². The molecule has 2 amide bonds. The number of carbonyl (C=O) groups is 3. The van der Waals surface area contributed by atoms with E-state index < -0.39 is 27.9 Å². The molecular formula is C24H14ClFN2O6S. The van der Waals surface area contributed by atoms with Crippen molar-refractivity contribution in [2.75, 3.05) is 0 Å². The summed E-state index contributed by atoms with van der Waals surface area (Å²) in [5, 5.41) is 10.4. The molecule has 0 bridgehead atoms. The van der Waals surface area contributed by atoms with Gasteiger partial charge in [0.2, 0.25) is 0 Å². The van der Waals surface area contributed by atoms with Crippen LogP contribution in [-0.2, 0) is 11.3 Å². The van der Waals surface area contributed by atoms with E-state index in [2.05, 4.69) is 0 Å². The number of halogens is 2.